The maximum absolute atomic E-state index is 12.5. The van der Waals surface area contributed by atoms with Gasteiger partial charge >= 0.3 is 0 Å². The second kappa shape index (κ2) is 6.47. The highest BCUT2D eigenvalue weighted by Gasteiger charge is 2.31. The van der Waals surface area contributed by atoms with E-state index in [2.05, 4.69) is 0 Å². The van der Waals surface area contributed by atoms with Crippen LogP contribution in [-0.4, -0.2) is 5.78 Å². The van der Waals surface area contributed by atoms with Crippen molar-refractivity contribution in [2.24, 2.45) is 0 Å². The SMILES string of the molecule is CC(C)=C1Oc2cccc(OCc3ccc(CCl)cc3)c2C1=O. The fourth-order valence-electron chi connectivity index (χ4n) is 2.42. The molecule has 0 radical (unpaired) electrons. The zero-order valence-corrected chi connectivity index (χ0v) is 13.8. The third kappa shape index (κ3) is 3.10. The lowest BCUT2D eigenvalue weighted by Gasteiger charge is -2.09. The van der Waals surface area contributed by atoms with Gasteiger partial charge in [-0.05, 0) is 42.7 Å². The molecule has 0 aliphatic carbocycles. The summed E-state index contributed by atoms with van der Waals surface area (Å²) in [4.78, 5) is 12.5. The van der Waals surface area contributed by atoms with Gasteiger partial charge in [-0.1, -0.05) is 30.3 Å². The number of ketones is 1. The number of ether oxygens (including phenoxy) is 2. The van der Waals surface area contributed by atoms with E-state index >= 15 is 0 Å². The molecule has 3 nitrogen and oxygen atoms in total. The van der Waals surface area contributed by atoms with Gasteiger partial charge in [0.15, 0.2) is 5.76 Å². The molecular weight excluding hydrogens is 312 g/mol. The van der Waals surface area contributed by atoms with Crippen LogP contribution in [0.4, 0.5) is 0 Å². The number of halogens is 1. The van der Waals surface area contributed by atoms with Gasteiger partial charge in [0.2, 0.25) is 5.78 Å². The first-order valence-electron chi connectivity index (χ1n) is 7.39. The molecule has 0 fully saturated rings. The Balaban J connectivity index is 1.82. The molecule has 4 heteroatoms. The van der Waals surface area contributed by atoms with Crippen molar-refractivity contribution in [1.82, 2.24) is 0 Å². The Morgan fingerprint density at radius 1 is 1.09 bits per heavy atom. The number of fused-ring (bicyclic) bond motifs is 1. The van der Waals surface area contributed by atoms with Crippen LogP contribution in [0.3, 0.4) is 0 Å². The van der Waals surface area contributed by atoms with Gasteiger partial charge in [-0.2, -0.15) is 0 Å². The van der Waals surface area contributed by atoms with Gasteiger partial charge < -0.3 is 9.47 Å². The van der Waals surface area contributed by atoms with Crippen LogP contribution < -0.4 is 9.47 Å². The molecule has 0 atom stereocenters. The smallest absolute Gasteiger partial charge is 0.235 e. The van der Waals surface area contributed by atoms with Crippen LogP contribution in [-0.2, 0) is 12.5 Å². The largest absolute Gasteiger partial charge is 0.488 e. The number of benzene rings is 2. The molecule has 0 unspecified atom stereocenters. The molecule has 0 N–H and O–H groups in total. The minimum atomic E-state index is -0.118. The van der Waals surface area contributed by atoms with Gasteiger partial charge in [-0.15, -0.1) is 11.6 Å². The minimum absolute atomic E-state index is 0.118. The standard InChI is InChI=1S/C19H17ClO3/c1-12(2)19-18(21)17-15(4-3-5-16(17)23-19)22-11-14-8-6-13(10-20)7-9-14/h3-9H,10-11H2,1-2H3. The average molecular weight is 329 g/mol. The Hall–Kier alpha value is -2.26. The van der Waals surface area contributed by atoms with Crippen molar-refractivity contribution in [2.45, 2.75) is 26.3 Å². The van der Waals surface area contributed by atoms with E-state index in [9.17, 15) is 4.79 Å². The first-order valence-corrected chi connectivity index (χ1v) is 7.93. The van der Waals surface area contributed by atoms with Crippen LogP contribution in [0.1, 0.15) is 35.3 Å². The molecule has 0 amide bonds. The number of allylic oxidation sites excluding steroid dienone is 2. The van der Waals surface area contributed by atoms with Crippen molar-refractivity contribution in [3.05, 3.63) is 70.5 Å². The number of alkyl halides is 1. The summed E-state index contributed by atoms with van der Waals surface area (Å²) in [6, 6.07) is 13.3. The monoisotopic (exact) mass is 328 g/mol. The number of carbonyl (C=O) groups is 1. The van der Waals surface area contributed by atoms with Crippen LogP contribution in [0.25, 0.3) is 0 Å². The highest BCUT2D eigenvalue weighted by Crippen LogP contribution is 2.38. The van der Waals surface area contributed by atoms with Crippen molar-refractivity contribution in [3.8, 4) is 11.5 Å². The molecule has 2 aromatic carbocycles. The lowest BCUT2D eigenvalue weighted by Crippen LogP contribution is -2.03. The highest BCUT2D eigenvalue weighted by molar-refractivity contribution is 6.17. The van der Waals surface area contributed by atoms with Crippen LogP contribution in [0.5, 0.6) is 11.5 Å². The lowest BCUT2D eigenvalue weighted by molar-refractivity contribution is 0.101. The predicted octanol–water partition coefficient (Wildman–Crippen LogP) is 4.87. The summed E-state index contributed by atoms with van der Waals surface area (Å²) < 4.78 is 11.5. The Kier molecular flexibility index (Phi) is 4.39. The van der Waals surface area contributed by atoms with Crippen molar-refractivity contribution in [1.29, 1.82) is 0 Å². The van der Waals surface area contributed by atoms with Crippen molar-refractivity contribution < 1.29 is 14.3 Å². The summed E-state index contributed by atoms with van der Waals surface area (Å²) in [5.41, 5.74) is 3.44. The van der Waals surface area contributed by atoms with Crippen LogP contribution in [0.15, 0.2) is 53.8 Å². The predicted molar refractivity (Wildman–Crippen MR) is 90.1 cm³/mol. The number of hydrogen-bond acceptors (Lipinski definition) is 3. The van der Waals surface area contributed by atoms with E-state index in [0.717, 1.165) is 16.7 Å². The summed E-state index contributed by atoms with van der Waals surface area (Å²) in [5, 5.41) is 0. The molecule has 0 aromatic heterocycles. The van der Waals surface area contributed by atoms with E-state index in [1.807, 2.05) is 44.2 Å². The van der Waals surface area contributed by atoms with Crippen LogP contribution in [0, 0.1) is 0 Å². The quantitative estimate of drug-likeness (QED) is 0.593. The molecule has 118 valence electrons. The number of carbonyl (C=O) groups excluding carboxylic acids is 1. The Bertz CT molecular complexity index is 772. The molecule has 23 heavy (non-hydrogen) atoms. The van der Waals surface area contributed by atoms with E-state index < -0.39 is 0 Å². The molecule has 0 spiro atoms. The Labute approximate surface area is 140 Å². The first kappa shape index (κ1) is 15.6. The van der Waals surface area contributed by atoms with Gasteiger partial charge in [0.25, 0.3) is 0 Å². The zero-order chi connectivity index (χ0) is 16.4. The molecular formula is C19H17ClO3. The lowest BCUT2D eigenvalue weighted by atomic mass is 10.1. The molecule has 0 saturated carbocycles. The second-order valence-electron chi connectivity index (χ2n) is 5.63. The maximum atomic E-state index is 12.5. The Morgan fingerprint density at radius 3 is 2.43 bits per heavy atom. The van der Waals surface area contributed by atoms with Crippen LogP contribution in [0.2, 0.25) is 0 Å². The summed E-state index contributed by atoms with van der Waals surface area (Å²) in [6.07, 6.45) is 0. The van der Waals surface area contributed by atoms with E-state index in [1.54, 1.807) is 12.1 Å². The molecule has 1 aliphatic rings. The number of Topliss-reactive ketones (excluding diaryl/α,β-unsaturated/α-hetero) is 1. The van der Waals surface area contributed by atoms with Crippen molar-refractivity contribution >= 4 is 17.4 Å². The first-order chi connectivity index (χ1) is 11.1. The summed E-state index contributed by atoms with van der Waals surface area (Å²) in [5.74, 6) is 1.87. The Morgan fingerprint density at radius 2 is 1.78 bits per heavy atom. The van der Waals surface area contributed by atoms with Gasteiger partial charge in [-0.3, -0.25) is 4.79 Å². The van der Waals surface area contributed by atoms with Crippen molar-refractivity contribution in [3.63, 3.8) is 0 Å². The van der Waals surface area contributed by atoms with E-state index in [1.165, 1.54) is 0 Å². The fraction of sp³-hybridized carbons (Fsp3) is 0.211. The van der Waals surface area contributed by atoms with Gasteiger partial charge in [-0.25, -0.2) is 0 Å². The van der Waals surface area contributed by atoms with Gasteiger partial charge in [0.05, 0.1) is 0 Å². The third-order valence-electron chi connectivity index (χ3n) is 3.66. The molecule has 2 aromatic rings. The topological polar surface area (TPSA) is 35.5 Å². The maximum Gasteiger partial charge on any atom is 0.235 e. The van der Waals surface area contributed by atoms with Gasteiger partial charge in [0, 0.05) is 5.88 Å². The summed E-state index contributed by atoms with van der Waals surface area (Å²) >= 11 is 5.78. The molecule has 0 saturated heterocycles. The molecule has 1 aliphatic heterocycles. The van der Waals surface area contributed by atoms with E-state index in [0.29, 0.717) is 35.3 Å². The molecule has 0 bridgehead atoms. The summed E-state index contributed by atoms with van der Waals surface area (Å²) in [6.45, 7) is 4.10. The zero-order valence-electron chi connectivity index (χ0n) is 13.1. The number of rotatable bonds is 4. The van der Waals surface area contributed by atoms with Crippen LogP contribution >= 0.6 is 11.6 Å². The highest BCUT2D eigenvalue weighted by atomic mass is 35.5. The normalized spacial score (nSPS) is 12.8. The third-order valence-corrected chi connectivity index (χ3v) is 3.97. The fourth-order valence-corrected chi connectivity index (χ4v) is 2.60. The van der Waals surface area contributed by atoms with Gasteiger partial charge in [0.1, 0.15) is 23.7 Å². The molecule has 3 rings (SSSR count). The minimum Gasteiger partial charge on any atom is -0.488 e. The summed E-state index contributed by atoms with van der Waals surface area (Å²) in [7, 11) is 0. The number of hydrogen-bond donors (Lipinski definition) is 0. The molecule has 1 heterocycles. The van der Waals surface area contributed by atoms with E-state index in [-0.39, 0.29) is 5.78 Å². The second-order valence-corrected chi connectivity index (χ2v) is 5.90. The van der Waals surface area contributed by atoms with Crippen molar-refractivity contribution in [2.75, 3.05) is 0 Å². The van der Waals surface area contributed by atoms with E-state index in [4.69, 9.17) is 21.1 Å². The average Bonchev–Trinajstić information content (AvgIpc) is 2.91.